The molecule has 0 aromatic heterocycles. The first-order valence-corrected chi connectivity index (χ1v) is 3.87. The van der Waals surface area contributed by atoms with Crippen molar-refractivity contribution >= 4 is 0 Å². The molecule has 0 saturated carbocycles. The van der Waals surface area contributed by atoms with Crippen LogP contribution in [0.1, 0.15) is 13.8 Å². The van der Waals surface area contributed by atoms with Gasteiger partial charge in [0.05, 0.1) is 13.2 Å². The van der Waals surface area contributed by atoms with Crippen molar-refractivity contribution in [2.75, 3.05) is 13.2 Å². The molecule has 0 bridgehead atoms. The van der Waals surface area contributed by atoms with Crippen molar-refractivity contribution in [1.29, 1.82) is 0 Å². The molecule has 1 nitrogen and oxygen atoms in total. The Labute approximate surface area is 68.1 Å². The Hall–Kier alpha value is -0.820. The van der Waals surface area contributed by atoms with Crippen LogP contribution in [-0.2, 0) is 4.74 Å². The molecule has 1 heteroatoms. The van der Waals surface area contributed by atoms with Crippen molar-refractivity contribution in [3.05, 3.63) is 35.5 Å². The zero-order chi connectivity index (χ0) is 8.10. The molecule has 11 heavy (non-hydrogen) atoms. The lowest BCUT2D eigenvalue weighted by Gasteiger charge is -1.99. The minimum absolute atomic E-state index is 0.717. The molecule has 1 rings (SSSR count). The molecule has 0 aliphatic carbocycles. The molecule has 0 aromatic rings. The first kappa shape index (κ1) is 8.28. The largest absolute Gasteiger partial charge is 0.373 e. The van der Waals surface area contributed by atoms with Crippen LogP contribution in [0.15, 0.2) is 35.5 Å². The van der Waals surface area contributed by atoms with Gasteiger partial charge in [-0.15, -0.1) is 0 Å². The Balaban J connectivity index is 2.73. The number of hydrogen-bond acceptors (Lipinski definition) is 1. The van der Waals surface area contributed by atoms with Crippen molar-refractivity contribution in [3.8, 4) is 0 Å². The molecule has 0 fully saturated rings. The summed E-state index contributed by atoms with van der Waals surface area (Å²) in [5, 5.41) is 0. The summed E-state index contributed by atoms with van der Waals surface area (Å²) in [6, 6.07) is 0. The molecule has 0 aromatic carbocycles. The van der Waals surface area contributed by atoms with Crippen LogP contribution in [0.3, 0.4) is 0 Å². The van der Waals surface area contributed by atoms with E-state index < -0.39 is 0 Å². The monoisotopic (exact) mass is 150 g/mol. The lowest BCUT2D eigenvalue weighted by molar-refractivity contribution is 0.187. The van der Waals surface area contributed by atoms with E-state index >= 15 is 0 Å². The van der Waals surface area contributed by atoms with Crippen LogP contribution < -0.4 is 0 Å². The van der Waals surface area contributed by atoms with Gasteiger partial charge in [0.15, 0.2) is 0 Å². The fourth-order valence-corrected chi connectivity index (χ4v) is 1.04. The highest BCUT2D eigenvalue weighted by Gasteiger charge is 1.91. The molecule has 0 N–H and O–H groups in total. The van der Waals surface area contributed by atoms with Crippen molar-refractivity contribution in [2.24, 2.45) is 0 Å². The van der Waals surface area contributed by atoms with E-state index in [1.165, 1.54) is 11.1 Å². The van der Waals surface area contributed by atoms with Gasteiger partial charge in [-0.25, -0.2) is 0 Å². The maximum absolute atomic E-state index is 5.33. The smallest absolute Gasteiger partial charge is 0.0681 e. The summed E-state index contributed by atoms with van der Waals surface area (Å²) in [6.45, 7) is 5.65. The zero-order valence-electron chi connectivity index (χ0n) is 7.13. The summed E-state index contributed by atoms with van der Waals surface area (Å²) in [6.07, 6.45) is 8.30. The second-order valence-corrected chi connectivity index (χ2v) is 2.84. The Bertz CT molecular complexity index is 209. The van der Waals surface area contributed by atoms with E-state index in [9.17, 15) is 0 Å². The fourth-order valence-electron chi connectivity index (χ4n) is 1.04. The minimum atomic E-state index is 0.717. The quantitative estimate of drug-likeness (QED) is 0.515. The molecule has 0 amide bonds. The van der Waals surface area contributed by atoms with Crippen LogP contribution in [0.4, 0.5) is 0 Å². The van der Waals surface area contributed by atoms with Crippen LogP contribution in [0, 0.1) is 0 Å². The van der Waals surface area contributed by atoms with Crippen LogP contribution in [0.25, 0.3) is 0 Å². The van der Waals surface area contributed by atoms with E-state index in [0.717, 1.165) is 13.2 Å². The molecule has 0 spiro atoms. The number of allylic oxidation sites excluding steroid dienone is 4. The van der Waals surface area contributed by atoms with E-state index in [2.05, 4.69) is 26.0 Å². The van der Waals surface area contributed by atoms with Gasteiger partial charge in [-0.05, 0) is 19.4 Å². The van der Waals surface area contributed by atoms with Gasteiger partial charge in [-0.2, -0.15) is 0 Å². The lowest BCUT2D eigenvalue weighted by Crippen LogP contribution is -1.94. The zero-order valence-corrected chi connectivity index (χ0v) is 7.13. The van der Waals surface area contributed by atoms with E-state index in [-0.39, 0.29) is 0 Å². The maximum atomic E-state index is 5.33. The predicted octanol–water partition coefficient (Wildman–Crippen LogP) is 2.47. The Kier molecular flexibility index (Phi) is 3.12. The first-order valence-electron chi connectivity index (χ1n) is 3.87. The van der Waals surface area contributed by atoms with E-state index in [1.807, 2.05) is 12.2 Å². The van der Waals surface area contributed by atoms with Crippen molar-refractivity contribution in [3.63, 3.8) is 0 Å². The molecule has 0 saturated heterocycles. The molecule has 0 unspecified atom stereocenters. The van der Waals surface area contributed by atoms with Crippen molar-refractivity contribution in [1.82, 2.24) is 0 Å². The van der Waals surface area contributed by atoms with Crippen LogP contribution in [0.2, 0.25) is 0 Å². The van der Waals surface area contributed by atoms with Gasteiger partial charge >= 0.3 is 0 Å². The normalized spacial score (nSPS) is 31.8. The highest BCUT2D eigenvalue weighted by atomic mass is 16.5. The first-order chi connectivity index (χ1) is 5.29. The topological polar surface area (TPSA) is 9.23 Å². The van der Waals surface area contributed by atoms with Crippen LogP contribution >= 0.6 is 0 Å². The number of hydrogen-bond donors (Lipinski definition) is 0. The van der Waals surface area contributed by atoms with Gasteiger partial charge in [0.1, 0.15) is 0 Å². The number of rotatable bonds is 0. The molecule has 0 atom stereocenters. The molecule has 0 radical (unpaired) electrons. The van der Waals surface area contributed by atoms with E-state index in [4.69, 9.17) is 4.74 Å². The highest BCUT2D eigenvalue weighted by molar-refractivity contribution is 5.25. The van der Waals surface area contributed by atoms with Crippen LogP contribution in [0.5, 0.6) is 0 Å². The summed E-state index contributed by atoms with van der Waals surface area (Å²) in [7, 11) is 0. The summed E-state index contributed by atoms with van der Waals surface area (Å²) in [5.41, 5.74) is 2.56. The fraction of sp³-hybridized carbons (Fsp3) is 0.400. The molecule has 1 aliphatic heterocycles. The maximum Gasteiger partial charge on any atom is 0.0681 e. The molecule has 1 aliphatic rings. The molecular weight excluding hydrogens is 136 g/mol. The summed E-state index contributed by atoms with van der Waals surface area (Å²) >= 11 is 0. The van der Waals surface area contributed by atoms with E-state index in [1.54, 1.807) is 0 Å². The second-order valence-electron chi connectivity index (χ2n) is 2.84. The average Bonchev–Trinajstić information content (AvgIpc) is 2.02. The third-order valence-corrected chi connectivity index (χ3v) is 1.51. The van der Waals surface area contributed by atoms with Crippen molar-refractivity contribution < 1.29 is 4.74 Å². The summed E-state index contributed by atoms with van der Waals surface area (Å²) in [4.78, 5) is 0. The number of ether oxygens (including phenoxy) is 1. The van der Waals surface area contributed by atoms with Crippen molar-refractivity contribution in [2.45, 2.75) is 13.8 Å². The highest BCUT2D eigenvalue weighted by Crippen LogP contribution is 2.04. The van der Waals surface area contributed by atoms with Gasteiger partial charge in [-0.3, -0.25) is 0 Å². The van der Waals surface area contributed by atoms with Gasteiger partial charge in [0.25, 0.3) is 0 Å². The molecule has 60 valence electrons. The van der Waals surface area contributed by atoms with Crippen LogP contribution in [-0.4, -0.2) is 13.2 Å². The van der Waals surface area contributed by atoms with Gasteiger partial charge < -0.3 is 4.74 Å². The Morgan fingerprint density at radius 2 is 2.18 bits per heavy atom. The Morgan fingerprint density at radius 1 is 1.36 bits per heavy atom. The third-order valence-electron chi connectivity index (χ3n) is 1.51. The van der Waals surface area contributed by atoms with Gasteiger partial charge in [-0.1, -0.05) is 29.9 Å². The van der Waals surface area contributed by atoms with E-state index in [0.29, 0.717) is 0 Å². The second kappa shape index (κ2) is 4.14. The lowest BCUT2D eigenvalue weighted by atomic mass is 10.2. The van der Waals surface area contributed by atoms with Gasteiger partial charge in [0.2, 0.25) is 0 Å². The third kappa shape index (κ3) is 3.19. The summed E-state index contributed by atoms with van der Waals surface area (Å²) in [5.74, 6) is 0. The minimum Gasteiger partial charge on any atom is -0.373 e. The Morgan fingerprint density at radius 3 is 3.00 bits per heavy atom. The molecular formula is C10H14O. The standard InChI is InChI=1S/C10H14O/c1-9-5-3-4-6-11-8-10(2)7-9/h3-5,7H,6,8H2,1-2H3/b4-3+,9-5-,10-7+. The predicted molar refractivity (Wildman–Crippen MR) is 47.5 cm³/mol. The SMILES string of the molecule is CC1=C/C=C/COC\C(C)=C\1. The molecule has 1 heterocycles. The average molecular weight is 150 g/mol. The van der Waals surface area contributed by atoms with Gasteiger partial charge in [0, 0.05) is 0 Å². The summed E-state index contributed by atoms with van der Waals surface area (Å²) < 4.78 is 5.33.